The predicted octanol–water partition coefficient (Wildman–Crippen LogP) is 3.62. The first-order valence-electron chi connectivity index (χ1n) is 6.78. The number of hydrogen-bond donors (Lipinski definition) is 1. The lowest BCUT2D eigenvalue weighted by Gasteiger charge is -2.44. The van der Waals surface area contributed by atoms with Crippen molar-refractivity contribution in [2.45, 2.75) is 52.4 Å². The van der Waals surface area contributed by atoms with Crippen molar-refractivity contribution < 1.29 is 9.90 Å². The maximum absolute atomic E-state index is 12.0. The van der Waals surface area contributed by atoms with Crippen LogP contribution in [0, 0.1) is 22.2 Å². The van der Waals surface area contributed by atoms with Gasteiger partial charge in [0.15, 0.2) is 0 Å². The van der Waals surface area contributed by atoms with Gasteiger partial charge in [0.05, 0.1) is 5.41 Å². The average molecular weight is 234 g/mol. The van der Waals surface area contributed by atoms with Crippen molar-refractivity contribution >= 4 is 5.97 Å². The molecule has 94 valence electrons. The van der Waals surface area contributed by atoms with Crippen LogP contribution in [0.1, 0.15) is 52.4 Å². The highest BCUT2D eigenvalue weighted by atomic mass is 16.4. The Morgan fingerprint density at radius 2 is 2.06 bits per heavy atom. The van der Waals surface area contributed by atoms with E-state index in [4.69, 9.17) is 0 Å². The Labute approximate surface area is 103 Å². The fourth-order valence-corrected chi connectivity index (χ4v) is 5.44. The summed E-state index contributed by atoms with van der Waals surface area (Å²) in [5.41, 5.74) is 0.898. The van der Waals surface area contributed by atoms with E-state index in [9.17, 15) is 9.90 Å². The quantitative estimate of drug-likeness (QED) is 0.703. The number of rotatable bonds is 1. The third kappa shape index (κ3) is 0.974. The summed E-state index contributed by atoms with van der Waals surface area (Å²) in [6, 6.07) is 0. The molecule has 0 saturated heterocycles. The van der Waals surface area contributed by atoms with E-state index >= 15 is 0 Å². The largest absolute Gasteiger partial charge is 0.481 e. The molecule has 2 heteroatoms. The summed E-state index contributed by atoms with van der Waals surface area (Å²) >= 11 is 0. The van der Waals surface area contributed by atoms with Crippen LogP contribution in [0.25, 0.3) is 0 Å². The van der Waals surface area contributed by atoms with Crippen LogP contribution in [0.2, 0.25) is 0 Å². The standard InChI is InChI=1S/C15H22O2/c1-10-5-8-13(2)9-11(10)15(12(16)17)7-4-6-14(13,15)3/h11H,1,4-9H2,2-3H3,(H,16,17)/t11?,13-,14-,15+/m1/s1. The summed E-state index contributed by atoms with van der Waals surface area (Å²) in [6.45, 7) is 8.74. The third-order valence-electron chi connectivity index (χ3n) is 6.69. The number of hydrogen-bond acceptors (Lipinski definition) is 1. The zero-order valence-corrected chi connectivity index (χ0v) is 10.9. The van der Waals surface area contributed by atoms with E-state index in [1.54, 1.807) is 0 Å². The Bertz CT molecular complexity index is 413. The van der Waals surface area contributed by atoms with Gasteiger partial charge < -0.3 is 5.11 Å². The molecule has 3 rings (SSSR count). The van der Waals surface area contributed by atoms with E-state index in [2.05, 4.69) is 20.4 Å². The Morgan fingerprint density at radius 1 is 1.35 bits per heavy atom. The minimum absolute atomic E-state index is 0.0179. The molecule has 2 bridgehead atoms. The van der Waals surface area contributed by atoms with E-state index in [-0.39, 0.29) is 16.7 Å². The van der Waals surface area contributed by atoms with Gasteiger partial charge in [-0.1, -0.05) is 32.4 Å². The molecule has 3 saturated carbocycles. The maximum Gasteiger partial charge on any atom is 0.310 e. The first-order chi connectivity index (χ1) is 7.87. The first-order valence-corrected chi connectivity index (χ1v) is 6.78. The molecular formula is C15H22O2. The summed E-state index contributed by atoms with van der Waals surface area (Å²) in [4.78, 5) is 12.0. The maximum atomic E-state index is 12.0. The van der Waals surface area contributed by atoms with Crippen LogP contribution in [-0.2, 0) is 4.79 Å². The van der Waals surface area contributed by atoms with Crippen molar-refractivity contribution in [3.63, 3.8) is 0 Å². The second kappa shape index (κ2) is 2.96. The molecule has 1 unspecified atom stereocenters. The van der Waals surface area contributed by atoms with Crippen LogP contribution < -0.4 is 0 Å². The molecule has 0 spiro atoms. The smallest absolute Gasteiger partial charge is 0.310 e. The van der Waals surface area contributed by atoms with Gasteiger partial charge in [-0.3, -0.25) is 4.79 Å². The van der Waals surface area contributed by atoms with Crippen molar-refractivity contribution in [3.8, 4) is 0 Å². The SMILES string of the molecule is C=C1CC[C@]2(C)CC1[C@]1(C(=O)O)CCC[C@]21C. The molecule has 0 aromatic heterocycles. The monoisotopic (exact) mass is 234 g/mol. The second-order valence-electron chi connectivity index (χ2n) is 6.94. The molecular weight excluding hydrogens is 212 g/mol. The van der Waals surface area contributed by atoms with Gasteiger partial charge in [-0.05, 0) is 48.9 Å². The van der Waals surface area contributed by atoms with Crippen LogP contribution in [0.3, 0.4) is 0 Å². The number of carboxylic acids is 1. The summed E-state index contributed by atoms with van der Waals surface area (Å²) in [5, 5.41) is 9.88. The van der Waals surface area contributed by atoms with Crippen molar-refractivity contribution in [2.24, 2.45) is 22.2 Å². The average Bonchev–Trinajstić information content (AvgIpc) is 2.68. The Balaban J connectivity index is 2.23. The van der Waals surface area contributed by atoms with Crippen LogP contribution >= 0.6 is 0 Å². The van der Waals surface area contributed by atoms with E-state index in [0.29, 0.717) is 0 Å². The number of carboxylic acid groups (broad SMARTS) is 1. The molecule has 0 aliphatic heterocycles. The molecule has 17 heavy (non-hydrogen) atoms. The van der Waals surface area contributed by atoms with Crippen LogP contribution in [-0.4, -0.2) is 11.1 Å². The lowest BCUT2D eigenvalue weighted by atomic mass is 9.58. The summed E-state index contributed by atoms with van der Waals surface area (Å²) < 4.78 is 0. The summed E-state index contributed by atoms with van der Waals surface area (Å²) in [5.74, 6) is -0.333. The zero-order valence-electron chi connectivity index (χ0n) is 10.9. The van der Waals surface area contributed by atoms with Crippen LogP contribution in [0.4, 0.5) is 0 Å². The van der Waals surface area contributed by atoms with E-state index < -0.39 is 11.4 Å². The molecule has 3 fully saturated rings. The van der Waals surface area contributed by atoms with E-state index in [1.165, 1.54) is 5.57 Å². The molecule has 0 radical (unpaired) electrons. The lowest BCUT2D eigenvalue weighted by Crippen LogP contribution is -2.46. The number of fused-ring (bicyclic) bond motifs is 5. The molecule has 0 aromatic carbocycles. The zero-order chi connectivity index (χ0) is 12.5. The number of allylic oxidation sites excluding steroid dienone is 1. The molecule has 1 N–H and O–H groups in total. The highest BCUT2D eigenvalue weighted by Crippen LogP contribution is 2.77. The Kier molecular flexibility index (Phi) is 1.97. The Hall–Kier alpha value is -0.790. The van der Waals surface area contributed by atoms with Gasteiger partial charge in [0, 0.05) is 0 Å². The Morgan fingerprint density at radius 3 is 2.71 bits per heavy atom. The molecule has 4 atom stereocenters. The fraction of sp³-hybridized carbons (Fsp3) is 0.800. The van der Waals surface area contributed by atoms with Crippen LogP contribution in [0.15, 0.2) is 12.2 Å². The normalized spacial score (nSPS) is 52.6. The van der Waals surface area contributed by atoms with Gasteiger partial charge in [-0.15, -0.1) is 0 Å². The third-order valence-corrected chi connectivity index (χ3v) is 6.69. The van der Waals surface area contributed by atoms with Gasteiger partial charge in [0.25, 0.3) is 0 Å². The molecule has 0 aromatic rings. The molecule has 2 nitrogen and oxygen atoms in total. The molecule has 3 aliphatic rings. The molecule has 0 amide bonds. The van der Waals surface area contributed by atoms with Crippen LogP contribution in [0.5, 0.6) is 0 Å². The summed E-state index contributed by atoms with van der Waals surface area (Å²) in [6.07, 6.45) is 6.23. The van der Waals surface area contributed by atoms with Crippen molar-refractivity contribution in [3.05, 3.63) is 12.2 Å². The minimum atomic E-state index is -0.561. The highest BCUT2D eigenvalue weighted by Gasteiger charge is 2.73. The van der Waals surface area contributed by atoms with Gasteiger partial charge in [0.1, 0.15) is 0 Å². The number of aliphatic carboxylic acids is 1. The van der Waals surface area contributed by atoms with Gasteiger partial charge in [-0.2, -0.15) is 0 Å². The predicted molar refractivity (Wildman–Crippen MR) is 66.6 cm³/mol. The molecule has 3 aliphatic carbocycles. The fourth-order valence-electron chi connectivity index (χ4n) is 5.44. The second-order valence-corrected chi connectivity index (χ2v) is 6.94. The van der Waals surface area contributed by atoms with Crippen molar-refractivity contribution in [1.82, 2.24) is 0 Å². The highest BCUT2D eigenvalue weighted by molar-refractivity contribution is 5.78. The van der Waals surface area contributed by atoms with Crippen molar-refractivity contribution in [2.75, 3.05) is 0 Å². The van der Waals surface area contributed by atoms with E-state index in [0.717, 1.165) is 38.5 Å². The topological polar surface area (TPSA) is 37.3 Å². The first kappa shape index (κ1) is 11.3. The van der Waals surface area contributed by atoms with Crippen molar-refractivity contribution in [1.29, 1.82) is 0 Å². The molecule has 0 heterocycles. The van der Waals surface area contributed by atoms with E-state index in [1.807, 2.05) is 0 Å². The lowest BCUT2D eigenvalue weighted by molar-refractivity contribution is -0.158. The minimum Gasteiger partial charge on any atom is -0.481 e. The van der Waals surface area contributed by atoms with Gasteiger partial charge in [-0.25, -0.2) is 0 Å². The summed E-state index contributed by atoms with van der Waals surface area (Å²) in [7, 11) is 0. The number of carbonyl (C=O) groups is 1. The van der Waals surface area contributed by atoms with Gasteiger partial charge in [0.2, 0.25) is 0 Å². The van der Waals surface area contributed by atoms with Gasteiger partial charge >= 0.3 is 5.97 Å².